The Hall–Kier alpha value is -3.98. The van der Waals surface area contributed by atoms with Gasteiger partial charge in [0.05, 0.1) is 5.75 Å². The molecule has 4 aromatic carbocycles. The number of nitrogens with one attached hydrogen (secondary N) is 1. The van der Waals surface area contributed by atoms with Crippen molar-refractivity contribution in [3.8, 4) is 17.1 Å². The van der Waals surface area contributed by atoms with E-state index in [1.165, 1.54) is 39.4 Å². The topological polar surface area (TPSA) is 72.7 Å². The van der Waals surface area contributed by atoms with Crippen molar-refractivity contribution in [1.29, 1.82) is 0 Å². The Morgan fingerprint density at radius 3 is 2.51 bits per heavy atom. The van der Waals surface area contributed by atoms with Crippen LogP contribution in [-0.4, -0.2) is 31.4 Å². The first-order valence-corrected chi connectivity index (χ1v) is 14.4. The minimum absolute atomic E-state index is 0.155. The van der Waals surface area contributed by atoms with Crippen LogP contribution >= 0.6 is 34.7 Å². The maximum absolute atomic E-state index is 12.9. The fraction of sp³-hybridized carbons (Fsp3) is 0.0667. The monoisotopic (exact) mass is 567 g/mol. The van der Waals surface area contributed by atoms with Crippen LogP contribution in [0.5, 0.6) is 0 Å². The molecular formula is C30H22ClN5OS2. The number of benzene rings is 4. The van der Waals surface area contributed by atoms with E-state index in [9.17, 15) is 4.79 Å². The van der Waals surface area contributed by atoms with Crippen LogP contribution in [0, 0.1) is 0 Å². The smallest absolute Gasteiger partial charge is 0.236 e. The van der Waals surface area contributed by atoms with Gasteiger partial charge in [0.25, 0.3) is 0 Å². The van der Waals surface area contributed by atoms with E-state index in [0.717, 1.165) is 22.5 Å². The average molecular weight is 568 g/mol. The van der Waals surface area contributed by atoms with Gasteiger partial charge in [0.15, 0.2) is 16.1 Å². The summed E-state index contributed by atoms with van der Waals surface area (Å²) < 4.78 is 1.94. The van der Waals surface area contributed by atoms with Crippen molar-refractivity contribution in [2.75, 3.05) is 11.1 Å². The van der Waals surface area contributed by atoms with E-state index in [0.29, 0.717) is 21.1 Å². The predicted molar refractivity (Wildman–Crippen MR) is 160 cm³/mol. The third-order valence-corrected chi connectivity index (χ3v) is 8.22. The van der Waals surface area contributed by atoms with E-state index in [1.54, 1.807) is 0 Å². The van der Waals surface area contributed by atoms with Crippen LogP contribution in [0.1, 0.15) is 10.4 Å². The molecule has 0 aliphatic carbocycles. The Kier molecular flexibility index (Phi) is 7.40. The predicted octanol–water partition coefficient (Wildman–Crippen LogP) is 7.52. The highest BCUT2D eigenvalue weighted by atomic mass is 35.5. The van der Waals surface area contributed by atoms with Gasteiger partial charge >= 0.3 is 0 Å². The number of hydrogen-bond acceptors (Lipinski definition) is 6. The summed E-state index contributed by atoms with van der Waals surface area (Å²) in [5, 5.41) is 16.0. The average Bonchev–Trinajstić information content (AvgIpc) is 3.60. The lowest BCUT2D eigenvalue weighted by molar-refractivity contribution is -0.113. The van der Waals surface area contributed by atoms with Gasteiger partial charge < -0.3 is 5.32 Å². The largest absolute Gasteiger partial charge is 0.301 e. The molecule has 1 N–H and O–H groups in total. The minimum atomic E-state index is -0.155. The summed E-state index contributed by atoms with van der Waals surface area (Å²) in [5.74, 6) is 0.704. The van der Waals surface area contributed by atoms with E-state index in [-0.39, 0.29) is 11.7 Å². The third-order valence-electron chi connectivity index (χ3n) is 6.13. The molecule has 0 saturated carbocycles. The van der Waals surface area contributed by atoms with Crippen LogP contribution in [0.25, 0.3) is 27.8 Å². The number of anilines is 1. The highest BCUT2D eigenvalue weighted by Gasteiger charge is 2.18. The first kappa shape index (κ1) is 25.3. The fourth-order valence-electron chi connectivity index (χ4n) is 4.33. The van der Waals surface area contributed by atoms with Gasteiger partial charge in [-0.3, -0.25) is 9.36 Å². The highest BCUT2D eigenvalue weighted by Crippen LogP contribution is 2.29. The van der Waals surface area contributed by atoms with Crippen LogP contribution in [0.4, 0.5) is 5.13 Å². The molecule has 0 atom stereocenters. The van der Waals surface area contributed by atoms with Crippen molar-refractivity contribution < 1.29 is 4.79 Å². The van der Waals surface area contributed by atoms with Crippen LogP contribution in [-0.2, 0) is 11.2 Å². The molecule has 0 aliphatic rings. The molecule has 39 heavy (non-hydrogen) atoms. The van der Waals surface area contributed by atoms with Crippen molar-refractivity contribution in [1.82, 2.24) is 19.7 Å². The summed E-state index contributed by atoms with van der Waals surface area (Å²) in [5.41, 5.74) is 3.03. The second kappa shape index (κ2) is 11.4. The molecule has 0 spiro atoms. The standard InChI is InChI=1S/C30H22ClN5OS2/c31-23-13-15-24(16-14-23)36-28(21-8-2-1-3-9-21)34-35-30(36)38-19-27(37)33-29-32-18-25(39-29)17-22-11-6-10-20-7-4-5-12-26(20)22/h1-16,18H,17,19H2,(H,32,33,37). The molecule has 6 nitrogen and oxygen atoms in total. The van der Waals surface area contributed by atoms with Gasteiger partial charge in [-0.15, -0.1) is 21.5 Å². The van der Waals surface area contributed by atoms with E-state index < -0.39 is 0 Å². The number of fused-ring (bicyclic) bond motifs is 1. The quantitative estimate of drug-likeness (QED) is 0.193. The fourth-order valence-corrected chi connectivity index (χ4v) is 6.06. The van der Waals surface area contributed by atoms with Gasteiger partial charge in [-0.1, -0.05) is 96.2 Å². The van der Waals surface area contributed by atoms with Gasteiger partial charge in [0.2, 0.25) is 5.91 Å². The number of aromatic nitrogens is 4. The Balaban J connectivity index is 1.16. The molecule has 2 heterocycles. The number of thioether (sulfide) groups is 1. The highest BCUT2D eigenvalue weighted by molar-refractivity contribution is 7.99. The van der Waals surface area contributed by atoms with E-state index in [2.05, 4.69) is 56.9 Å². The van der Waals surface area contributed by atoms with Crippen molar-refractivity contribution in [3.05, 3.63) is 119 Å². The lowest BCUT2D eigenvalue weighted by Gasteiger charge is -2.10. The van der Waals surface area contributed by atoms with Crippen LogP contribution in [0.2, 0.25) is 5.02 Å². The zero-order valence-electron chi connectivity index (χ0n) is 20.6. The first-order valence-electron chi connectivity index (χ1n) is 12.2. The Labute approximate surface area is 238 Å². The van der Waals surface area contributed by atoms with Gasteiger partial charge in [-0.25, -0.2) is 4.98 Å². The number of amides is 1. The third kappa shape index (κ3) is 5.73. The van der Waals surface area contributed by atoms with Crippen molar-refractivity contribution >= 4 is 56.5 Å². The lowest BCUT2D eigenvalue weighted by Crippen LogP contribution is -2.14. The zero-order valence-corrected chi connectivity index (χ0v) is 23.0. The van der Waals surface area contributed by atoms with Crippen LogP contribution < -0.4 is 5.32 Å². The second-order valence-corrected chi connectivity index (χ2v) is 11.3. The lowest BCUT2D eigenvalue weighted by atomic mass is 10.0. The second-order valence-electron chi connectivity index (χ2n) is 8.77. The SMILES string of the molecule is O=C(CSc1nnc(-c2ccccc2)n1-c1ccc(Cl)cc1)Nc1ncc(Cc2cccc3ccccc23)s1. The number of thiazole rings is 1. The molecule has 192 valence electrons. The number of rotatable bonds is 8. The number of carbonyl (C=O) groups excluding carboxylic acids is 1. The van der Waals surface area contributed by atoms with Gasteiger partial charge in [-0.2, -0.15) is 0 Å². The normalized spacial score (nSPS) is 11.1. The molecular weight excluding hydrogens is 546 g/mol. The molecule has 1 amide bonds. The van der Waals surface area contributed by atoms with Gasteiger partial charge in [0, 0.05) is 33.8 Å². The zero-order chi connectivity index (χ0) is 26.6. The molecule has 0 radical (unpaired) electrons. The summed E-state index contributed by atoms with van der Waals surface area (Å²) in [6, 6.07) is 32.0. The Morgan fingerprint density at radius 1 is 0.897 bits per heavy atom. The van der Waals surface area contributed by atoms with Gasteiger partial charge in [-0.05, 0) is 40.6 Å². The molecule has 9 heteroatoms. The minimum Gasteiger partial charge on any atom is -0.301 e. The van der Waals surface area contributed by atoms with Crippen molar-refractivity contribution in [2.24, 2.45) is 0 Å². The number of nitrogens with zero attached hydrogens (tertiary/aromatic N) is 4. The van der Waals surface area contributed by atoms with Crippen molar-refractivity contribution in [2.45, 2.75) is 11.6 Å². The van der Waals surface area contributed by atoms with Gasteiger partial charge in [0.1, 0.15) is 0 Å². The summed E-state index contributed by atoms with van der Waals surface area (Å²) in [4.78, 5) is 18.4. The van der Waals surface area contributed by atoms with E-state index in [4.69, 9.17) is 11.6 Å². The molecule has 0 unspecified atom stereocenters. The Bertz CT molecular complexity index is 1740. The molecule has 0 saturated heterocycles. The van der Waals surface area contributed by atoms with Crippen LogP contribution in [0.3, 0.4) is 0 Å². The van der Waals surface area contributed by atoms with Crippen LogP contribution in [0.15, 0.2) is 108 Å². The number of hydrogen-bond donors (Lipinski definition) is 1. The maximum atomic E-state index is 12.9. The summed E-state index contributed by atoms with van der Waals surface area (Å²) in [6.45, 7) is 0. The summed E-state index contributed by atoms with van der Waals surface area (Å²) in [7, 11) is 0. The number of carbonyl (C=O) groups is 1. The molecule has 6 rings (SSSR count). The molecule has 0 bridgehead atoms. The molecule has 6 aromatic rings. The Morgan fingerprint density at radius 2 is 1.67 bits per heavy atom. The number of halogens is 1. The summed E-state index contributed by atoms with van der Waals surface area (Å²) >= 11 is 8.93. The maximum Gasteiger partial charge on any atom is 0.236 e. The van der Waals surface area contributed by atoms with Crippen molar-refractivity contribution in [3.63, 3.8) is 0 Å². The summed E-state index contributed by atoms with van der Waals surface area (Å²) in [6.07, 6.45) is 2.59. The molecule has 2 aromatic heterocycles. The van der Waals surface area contributed by atoms with E-state index in [1.807, 2.05) is 71.4 Å². The molecule has 0 fully saturated rings. The van der Waals surface area contributed by atoms with E-state index >= 15 is 0 Å². The first-order chi connectivity index (χ1) is 19.1. The molecule has 0 aliphatic heterocycles.